The Kier molecular flexibility index (Phi) is 6.63. The van der Waals surface area contributed by atoms with Crippen LogP contribution in [0.5, 0.6) is 0 Å². The smallest absolute Gasteiger partial charge is 0.341 e. The van der Waals surface area contributed by atoms with E-state index in [2.05, 4.69) is 30.6 Å². The molecule has 6 rings (SSSR count). The highest BCUT2D eigenvalue weighted by atomic mass is 16.5. The van der Waals surface area contributed by atoms with Crippen LogP contribution in [0, 0.1) is 34.5 Å². The number of hydrogen-bond acceptors (Lipinski definition) is 4. The van der Waals surface area contributed by atoms with Gasteiger partial charge in [-0.05, 0) is 72.8 Å². The molecule has 6 heteroatoms. The minimum atomic E-state index is -1.43. The number of rotatable bonds is 5. The van der Waals surface area contributed by atoms with E-state index in [1.807, 2.05) is 60.7 Å². The Morgan fingerprint density at radius 2 is 1.57 bits per heavy atom. The van der Waals surface area contributed by atoms with E-state index in [1.54, 1.807) is 0 Å². The molecule has 3 aliphatic carbocycles. The van der Waals surface area contributed by atoms with Gasteiger partial charge >= 0.3 is 5.97 Å². The first-order chi connectivity index (χ1) is 19.2. The van der Waals surface area contributed by atoms with Gasteiger partial charge in [0, 0.05) is 23.5 Å². The Labute approximate surface area is 237 Å². The molecule has 2 aromatic carbocycles. The van der Waals surface area contributed by atoms with Crippen molar-refractivity contribution in [2.45, 2.75) is 64.3 Å². The van der Waals surface area contributed by atoms with Crippen molar-refractivity contribution >= 4 is 17.8 Å². The lowest BCUT2D eigenvalue weighted by Gasteiger charge is -2.57. The predicted octanol–water partition coefficient (Wildman–Crippen LogP) is 5.48. The second kappa shape index (κ2) is 9.90. The van der Waals surface area contributed by atoms with Crippen molar-refractivity contribution in [1.82, 2.24) is 10.6 Å². The van der Waals surface area contributed by atoms with Gasteiger partial charge in [-0.3, -0.25) is 9.59 Å². The van der Waals surface area contributed by atoms with Gasteiger partial charge in [0.1, 0.15) is 0 Å². The van der Waals surface area contributed by atoms with Crippen LogP contribution in [0.15, 0.2) is 72.4 Å². The van der Waals surface area contributed by atoms with Crippen LogP contribution >= 0.6 is 0 Å². The Morgan fingerprint density at radius 3 is 2.20 bits per heavy atom. The van der Waals surface area contributed by atoms with Gasteiger partial charge in [0.2, 0.25) is 11.8 Å². The summed E-state index contributed by atoms with van der Waals surface area (Å²) in [5, 5.41) is 6.45. The number of piperidine rings is 1. The number of allylic oxidation sites excluding steroid dienone is 2. The van der Waals surface area contributed by atoms with Crippen LogP contribution in [0.1, 0.15) is 69.9 Å². The first kappa shape index (κ1) is 26.8. The minimum absolute atomic E-state index is 0.000835. The van der Waals surface area contributed by atoms with Crippen molar-refractivity contribution in [2.24, 2.45) is 34.5 Å². The normalized spacial score (nSPS) is 33.0. The number of nitrogens with one attached hydrogen (secondary N) is 2. The van der Waals surface area contributed by atoms with Gasteiger partial charge in [-0.2, -0.15) is 0 Å². The number of hydrogen-bond donors (Lipinski definition) is 2. The van der Waals surface area contributed by atoms with E-state index in [1.165, 1.54) is 7.11 Å². The molecule has 0 aromatic heterocycles. The van der Waals surface area contributed by atoms with Gasteiger partial charge in [0.15, 0.2) is 5.54 Å². The highest BCUT2D eigenvalue weighted by Crippen LogP contribution is 2.65. The fourth-order valence-corrected chi connectivity index (χ4v) is 9.02. The Morgan fingerprint density at radius 1 is 0.925 bits per heavy atom. The molecule has 2 amide bonds. The lowest BCUT2D eigenvalue weighted by Crippen LogP contribution is -2.57. The molecular formula is C34H40N2O4. The summed E-state index contributed by atoms with van der Waals surface area (Å²) in [6.07, 6.45) is 8.52. The number of amides is 2. The minimum Gasteiger partial charge on any atom is -0.467 e. The van der Waals surface area contributed by atoms with Crippen molar-refractivity contribution in [1.29, 1.82) is 0 Å². The molecule has 4 aliphatic rings. The Balaban J connectivity index is 1.33. The molecule has 2 N–H and O–H groups in total. The summed E-state index contributed by atoms with van der Waals surface area (Å²) in [5.41, 5.74) is 0.897. The number of benzene rings is 2. The van der Waals surface area contributed by atoms with E-state index in [9.17, 15) is 14.4 Å². The molecule has 210 valence electrons. The zero-order valence-corrected chi connectivity index (χ0v) is 23.7. The Hall–Kier alpha value is -3.41. The fourth-order valence-electron chi connectivity index (χ4n) is 9.02. The average molecular weight is 541 g/mol. The highest BCUT2D eigenvalue weighted by molar-refractivity contribution is 5.93. The molecule has 1 heterocycles. The molecule has 1 aliphatic heterocycles. The lowest BCUT2D eigenvalue weighted by molar-refractivity contribution is -0.151. The molecule has 40 heavy (non-hydrogen) atoms. The van der Waals surface area contributed by atoms with Crippen molar-refractivity contribution in [3.05, 3.63) is 83.6 Å². The molecule has 6 nitrogen and oxygen atoms in total. The molecule has 3 fully saturated rings. The van der Waals surface area contributed by atoms with Crippen LogP contribution in [-0.4, -0.2) is 24.9 Å². The number of carbonyl (C=O) groups excluding carboxylic acids is 3. The maximum absolute atomic E-state index is 14.4. The molecule has 2 saturated carbocycles. The van der Waals surface area contributed by atoms with Gasteiger partial charge in [-0.1, -0.05) is 80.6 Å². The van der Waals surface area contributed by atoms with E-state index in [4.69, 9.17) is 4.74 Å². The maximum Gasteiger partial charge on any atom is 0.341 e. The third-order valence-electron chi connectivity index (χ3n) is 11.1. The van der Waals surface area contributed by atoms with Crippen LogP contribution in [0.3, 0.4) is 0 Å². The van der Waals surface area contributed by atoms with Crippen molar-refractivity contribution in [3.8, 4) is 0 Å². The third-order valence-corrected chi connectivity index (χ3v) is 11.1. The summed E-state index contributed by atoms with van der Waals surface area (Å²) in [7, 11) is 1.38. The SMILES string of the molecule is COC(=O)C(NC(=O)[C@H]1CC[C@H]2[C@@H]3CC=C4NC(=O)CC[C@]4(C)[C@H]3CC[C@]12C)(c1ccccc1)c1ccccc1. The maximum atomic E-state index is 14.4. The summed E-state index contributed by atoms with van der Waals surface area (Å²) >= 11 is 0. The van der Waals surface area contributed by atoms with E-state index in [0.717, 1.165) is 44.2 Å². The third kappa shape index (κ3) is 3.93. The van der Waals surface area contributed by atoms with Crippen molar-refractivity contribution in [3.63, 3.8) is 0 Å². The number of esters is 1. The summed E-state index contributed by atoms with van der Waals surface area (Å²) in [6.45, 7) is 4.64. The summed E-state index contributed by atoms with van der Waals surface area (Å²) in [4.78, 5) is 40.2. The number of carbonyl (C=O) groups is 3. The zero-order chi connectivity index (χ0) is 28.1. The number of fused-ring (bicyclic) bond motifs is 5. The van der Waals surface area contributed by atoms with Gasteiger partial charge in [0.05, 0.1) is 7.11 Å². The van der Waals surface area contributed by atoms with E-state index < -0.39 is 11.5 Å². The number of methoxy groups -OCH3 is 1. The van der Waals surface area contributed by atoms with Gasteiger partial charge in [-0.15, -0.1) is 0 Å². The highest BCUT2D eigenvalue weighted by Gasteiger charge is 2.61. The summed E-state index contributed by atoms with van der Waals surface area (Å²) in [5.74, 6) is 0.786. The molecular weight excluding hydrogens is 500 g/mol. The molecule has 1 saturated heterocycles. The molecule has 0 spiro atoms. The molecule has 6 atom stereocenters. The van der Waals surface area contributed by atoms with Gasteiger partial charge in [-0.25, -0.2) is 4.79 Å². The van der Waals surface area contributed by atoms with Crippen LogP contribution in [0.2, 0.25) is 0 Å². The Bertz CT molecular complexity index is 1300. The first-order valence-corrected chi connectivity index (χ1v) is 14.8. The number of ether oxygens (including phenoxy) is 1. The summed E-state index contributed by atoms with van der Waals surface area (Å²) < 4.78 is 5.37. The lowest BCUT2D eigenvalue weighted by atomic mass is 9.49. The second-order valence-corrected chi connectivity index (χ2v) is 12.8. The topological polar surface area (TPSA) is 84.5 Å². The van der Waals surface area contributed by atoms with Crippen molar-refractivity contribution < 1.29 is 19.1 Å². The predicted molar refractivity (Wildman–Crippen MR) is 153 cm³/mol. The van der Waals surface area contributed by atoms with Crippen LogP contribution in [0.4, 0.5) is 0 Å². The molecule has 0 unspecified atom stereocenters. The van der Waals surface area contributed by atoms with E-state index >= 15 is 0 Å². The molecule has 0 radical (unpaired) electrons. The molecule has 0 bridgehead atoms. The standard InChI is InChI=1S/C34H40N2O4/c1-32-20-18-26-24(14-17-28-33(26,2)21-19-29(37)35-28)25(32)15-16-27(32)30(38)36-34(31(39)40-3,22-10-6-4-7-11-22)23-12-8-5-9-13-23/h4-13,17,24-27H,14-16,18-21H2,1-3H3,(H,35,37)(H,36,38)/t24-,25-,26-,27+,32-,33+/m0/s1. The fraction of sp³-hybridized carbons (Fsp3) is 0.500. The van der Waals surface area contributed by atoms with Crippen LogP contribution in [-0.2, 0) is 24.7 Å². The average Bonchev–Trinajstić information content (AvgIpc) is 3.34. The largest absolute Gasteiger partial charge is 0.467 e. The monoisotopic (exact) mass is 540 g/mol. The van der Waals surface area contributed by atoms with E-state index in [0.29, 0.717) is 35.3 Å². The van der Waals surface area contributed by atoms with Crippen molar-refractivity contribution in [2.75, 3.05) is 7.11 Å². The molecule has 2 aromatic rings. The zero-order valence-electron chi connectivity index (χ0n) is 23.7. The first-order valence-electron chi connectivity index (χ1n) is 14.8. The van der Waals surface area contributed by atoms with Gasteiger partial charge < -0.3 is 15.4 Å². The van der Waals surface area contributed by atoms with E-state index in [-0.39, 0.29) is 28.6 Å². The second-order valence-electron chi connectivity index (χ2n) is 12.8. The van der Waals surface area contributed by atoms with Crippen LogP contribution < -0.4 is 10.6 Å². The summed E-state index contributed by atoms with van der Waals surface area (Å²) in [6, 6.07) is 18.9. The van der Waals surface area contributed by atoms with Gasteiger partial charge in [0.25, 0.3) is 0 Å². The quantitative estimate of drug-likeness (QED) is 0.492. The van der Waals surface area contributed by atoms with Crippen LogP contribution in [0.25, 0.3) is 0 Å².